The molecule has 0 aliphatic heterocycles. The molecule has 2 aliphatic carbocycles. The predicted octanol–water partition coefficient (Wildman–Crippen LogP) is 5.04. The number of para-hydroxylation sites is 1. The van der Waals surface area contributed by atoms with Gasteiger partial charge in [0, 0.05) is 11.5 Å². The average Bonchev–Trinajstić information content (AvgIpc) is 3.60. The summed E-state index contributed by atoms with van der Waals surface area (Å²) in [6.07, 6.45) is 9.19. The molecule has 0 spiro atoms. The molecule has 0 saturated heterocycles. The van der Waals surface area contributed by atoms with Crippen LogP contribution in [0.1, 0.15) is 67.8 Å². The Bertz CT molecular complexity index is 921. The summed E-state index contributed by atoms with van der Waals surface area (Å²) >= 11 is 0. The molecule has 4 nitrogen and oxygen atoms in total. The van der Waals surface area contributed by atoms with E-state index in [4.69, 9.17) is 5.10 Å². The van der Waals surface area contributed by atoms with Crippen LogP contribution in [0, 0.1) is 0 Å². The average molecular weight is 344 g/mol. The van der Waals surface area contributed by atoms with Gasteiger partial charge in [-0.2, -0.15) is 15.3 Å². The molecular formula is C22H24N4. The maximum absolute atomic E-state index is 4.69. The van der Waals surface area contributed by atoms with E-state index < -0.39 is 0 Å². The van der Waals surface area contributed by atoms with Crippen molar-refractivity contribution < 1.29 is 0 Å². The summed E-state index contributed by atoms with van der Waals surface area (Å²) in [5.74, 6) is 1.37. The molecule has 0 unspecified atom stereocenters. The lowest BCUT2D eigenvalue weighted by Gasteiger charge is -2.11. The zero-order valence-corrected chi connectivity index (χ0v) is 15.2. The fourth-order valence-electron chi connectivity index (χ4n) is 3.80. The van der Waals surface area contributed by atoms with Crippen LogP contribution >= 0.6 is 0 Å². The van der Waals surface area contributed by atoms with Crippen molar-refractivity contribution in [3.63, 3.8) is 0 Å². The van der Waals surface area contributed by atoms with Crippen molar-refractivity contribution in [2.45, 2.75) is 57.3 Å². The van der Waals surface area contributed by atoms with Crippen LogP contribution in [0.25, 0.3) is 16.9 Å². The minimum atomic E-state index is 0.661. The van der Waals surface area contributed by atoms with Gasteiger partial charge < -0.3 is 0 Å². The zero-order valence-electron chi connectivity index (χ0n) is 15.2. The van der Waals surface area contributed by atoms with Gasteiger partial charge in [-0.3, -0.25) is 0 Å². The smallest absolute Gasteiger partial charge is 0.0967 e. The molecule has 0 N–H and O–H groups in total. The Morgan fingerprint density at radius 2 is 1.77 bits per heavy atom. The molecule has 0 bridgehead atoms. The van der Waals surface area contributed by atoms with Crippen molar-refractivity contribution in [1.29, 1.82) is 0 Å². The lowest BCUT2D eigenvalue weighted by Crippen LogP contribution is -2.04. The Kier molecular flexibility index (Phi) is 3.84. The Morgan fingerprint density at radius 1 is 1.00 bits per heavy atom. The highest BCUT2D eigenvalue weighted by atomic mass is 15.3. The first-order valence-corrected chi connectivity index (χ1v) is 9.85. The molecule has 2 aromatic heterocycles. The van der Waals surface area contributed by atoms with Crippen molar-refractivity contribution in [2.24, 2.45) is 0 Å². The first-order chi connectivity index (χ1) is 12.8. The fourth-order valence-corrected chi connectivity index (χ4v) is 3.80. The maximum Gasteiger partial charge on any atom is 0.0967 e. The quantitative estimate of drug-likeness (QED) is 0.629. The zero-order chi connectivity index (χ0) is 17.5. The van der Waals surface area contributed by atoms with Crippen molar-refractivity contribution in [3.05, 3.63) is 59.5 Å². The Morgan fingerprint density at radius 3 is 2.46 bits per heavy atom. The third-order valence-corrected chi connectivity index (χ3v) is 5.47. The Hall–Kier alpha value is -2.49. The lowest BCUT2D eigenvalue weighted by molar-refractivity contribution is 0.775. The molecule has 5 rings (SSSR count). The van der Waals surface area contributed by atoms with Crippen LogP contribution in [0.2, 0.25) is 0 Å². The molecule has 4 heteroatoms. The van der Waals surface area contributed by atoms with Gasteiger partial charge in [0.2, 0.25) is 0 Å². The van der Waals surface area contributed by atoms with Crippen LogP contribution < -0.4 is 0 Å². The van der Waals surface area contributed by atoms with Gasteiger partial charge in [-0.25, -0.2) is 4.68 Å². The minimum absolute atomic E-state index is 0.661. The first-order valence-electron chi connectivity index (χ1n) is 9.85. The summed E-state index contributed by atoms with van der Waals surface area (Å²) in [6, 6.07) is 12.7. The summed E-state index contributed by atoms with van der Waals surface area (Å²) < 4.78 is 2.06. The second-order valence-electron chi connectivity index (χ2n) is 7.62. The van der Waals surface area contributed by atoms with Crippen LogP contribution in [0.4, 0.5) is 0 Å². The van der Waals surface area contributed by atoms with Gasteiger partial charge in [0.15, 0.2) is 0 Å². The molecule has 1 aromatic carbocycles. The molecule has 0 atom stereocenters. The standard InChI is InChI=1S/C22H24N4/c1-2-6-21-19(14-23-26(21)17-7-4-3-5-8-17)20-13-18(15-9-10-15)22(25-24-20)16-11-12-16/h3-5,7-8,13-16H,2,6,9-12H2,1H3. The number of nitrogens with zero attached hydrogens (tertiary/aromatic N) is 4. The highest BCUT2D eigenvalue weighted by Crippen LogP contribution is 2.48. The van der Waals surface area contributed by atoms with Gasteiger partial charge in [0.1, 0.15) is 0 Å². The van der Waals surface area contributed by atoms with E-state index in [0.717, 1.165) is 29.8 Å². The van der Waals surface area contributed by atoms with E-state index in [-0.39, 0.29) is 0 Å². The monoisotopic (exact) mass is 344 g/mol. The SMILES string of the molecule is CCCc1c(-c2cc(C3CC3)c(C3CC3)nn2)cnn1-c1ccccc1. The van der Waals surface area contributed by atoms with E-state index in [9.17, 15) is 0 Å². The van der Waals surface area contributed by atoms with E-state index in [1.165, 1.54) is 42.6 Å². The summed E-state index contributed by atoms with van der Waals surface area (Å²) in [4.78, 5) is 0. The van der Waals surface area contributed by atoms with Gasteiger partial charge in [-0.05, 0) is 61.8 Å². The number of aromatic nitrogens is 4. The third kappa shape index (κ3) is 2.83. The Labute approximate surface area is 154 Å². The van der Waals surface area contributed by atoms with E-state index in [1.807, 2.05) is 12.3 Å². The second-order valence-corrected chi connectivity index (χ2v) is 7.62. The molecule has 0 radical (unpaired) electrons. The number of hydrogen-bond acceptors (Lipinski definition) is 3. The van der Waals surface area contributed by atoms with Crippen LogP contribution in [0.3, 0.4) is 0 Å². The molecule has 0 amide bonds. The largest absolute Gasteiger partial charge is 0.237 e. The summed E-state index contributed by atoms with van der Waals surface area (Å²) in [6.45, 7) is 2.21. The summed E-state index contributed by atoms with van der Waals surface area (Å²) in [5, 5.41) is 14.0. The van der Waals surface area contributed by atoms with Crippen LogP contribution in [0.5, 0.6) is 0 Å². The second kappa shape index (κ2) is 6.35. The van der Waals surface area contributed by atoms with Crippen LogP contribution in [-0.2, 0) is 6.42 Å². The highest BCUT2D eigenvalue weighted by Gasteiger charge is 2.34. The predicted molar refractivity (Wildman–Crippen MR) is 103 cm³/mol. The van der Waals surface area contributed by atoms with Crippen molar-refractivity contribution >= 4 is 0 Å². The summed E-state index contributed by atoms with van der Waals surface area (Å²) in [7, 11) is 0. The molecule has 2 aliphatic rings. The topological polar surface area (TPSA) is 43.6 Å². The highest BCUT2D eigenvalue weighted by molar-refractivity contribution is 5.63. The van der Waals surface area contributed by atoms with Gasteiger partial charge >= 0.3 is 0 Å². The number of rotatable bonds is 6. The van der Waals surface area contributed by atoms with Crippen molar-refractivity contribution in [2.75, 3.05) is 0 Å². The molecule has 2 heterocycles. The fraction of sp³-hybridized carbons (Fsp3) is 0.409. The first kappa shape index (κ1) is 15.7. The van der Waals surface area contributed by atoms with E-state index in [0.29, 0.717) is 11.8 Å². The van der Waals surface area contributed by atoms with Crippen molar-refractivity contribution in [3.8, 4) is 16.9 Å². The van der Waals surface area contributed by atoms with E-state index >= 15 is 0 Å². The number of benzene rings is 1. The van der Waals surface area contributed by atoms with E-state index in [2.05, 4.69) is 52.1 Å². The normalized spacial score (nSPS) is 16.8. The lowest BCUT2D eigenvalue weighted by atomic mass is 10.0. The van der Waals surface area contributed by atoms with Gasteiger partial charge in [0.25, 0.3) is 0 Å². The number of hydrogen-bond donors (Lipinski definition) is 0. The molecule has 2 saturated carbocycles. The van der Waals surface area contributed by atoms with Gasteiger partial charge in [-0.15, -0.1) is 0 Å². The summed E-state index contributed by atoms with van der Waals surface area (Å²) in [5.41, 5.74) is 7.17. The molecule has 26 heavy (non-hydrogen) atoms. The maximum atomic E-state index is 4.69. The van der Waals surface area contributed by atoms with Crippen molar-refractivity contribution in [1.82, 2.24) is 20.0 Å². The van der Waals surface area contributed by atoms with Crippen LogP contribution in [0.15, 0.2) is 42.6 Å². The van der Waals surface area contributed by atoms with E-state index in [1.54, 1.807) is 0 Å². The Balaban J connectivity index is 1.59. The molecular weight excluding hydrogens is 320 g/mol. The third-order valence-electron chi connectivity index (χ3n) is 5.47. The minimum Gasteiger partial charge on any atom is -0.237 e. The van der Waals surface area contributed by atoms with Gasteiger partial charge in [-0.1, -0.05) is 31.5 Å². The van der Waals surface area contributed by atoms with Gasteiger partial charge in [0.05, 0.1) is 29.0 Å². The molecule has 2 fully saturated rings. The molecule has 3 aromatic rings. The molecule has 132 valence electrons. The van der Waals surface area contributed by atoms with Crippen LogP contribution in [-0.4, -0.2) is 20.0 Å².